The number of ketones is 7. The molecule has 0 aliphatic heterocycles. The van der Waals surface area contributed by atoms with Crippen LogP contribution in [0.15, 0.2) is 30.3 Å². The van der Waals surface area contributed by atoms with Crippen molar-refractivity contribution in [3.05, 3.63) is 35.9 Å². The molecular formula is C49H74O12. The summed E-state index contributed by atoms with van der Waals surface area (Å²) in [5, 5.41) is 29.2. The summed E-state index contributed by atoms with van der Waals surface area (Å²) in [4.78, 5) is 118. The third-order valence-corrected chi connectivity index (χ3v) is 11.7. The van der Waals surface area contributed by atoms with Crippen molar-refractivity contribution in [2.75, 3.05) is 0 Å². The van der Waals surface area contributed by atoms with Gasteiger partial charge in [0.05, 0.1) is 18.4 Å². The van der Waals surface area contributed by atoms with Crippen molar-refractivity contribution in [1.82, 2.24) is 0 Å². The Morgan fingerprint density at radius 1 is 0.525 bits per heavy atom. The zero-order valence-electron chi connectivity index (χ0n) is 37.8. The van der Waals surface area contributed by atoms with Gasteiger partial charge in [0.25, 0.3) is 0 Å². The van der Waals surface area contributed by atoms with Crippen LogP contribution in [0.3, 0.4) is 0 Å². The maximum absolute atomic E-state index is 14.1. The number of aliphatic hydroxyl groups excluding tert-OH is 1. The predicted molar refractivity (Wildman–Crippen MR) is 233 cm³/mol. The summed E-state index contributed by atoms with van der Waals surface area (Å²) >= 11 is 0. The number of hydrogen-bond donors (Lipinski definition) is 3. The number of benzene rings is 1. The monoisotopic (exact) mass is 855 g/mol. The molecule has 0 amide bonds. The summed E-state index contributed by atoms with van der Waals surface area (Å²) in [7, 11) is 0. The molecule has 0 saturated carbocycles. The maximum Gasteiger partial charge on any atom is 0.304 e. The second kappa shape index (κ2) is 29.2. The van der Waals surface area contributed by atoms with Gasteiger partial charge in [0.1, 0.15) is 40.5 Å². The second-order valence-corrected chi connectivity index (χ2v) is 17.9. The molecule has 1 aromatic carbocycles. The topological polar surface area (TPSA) is 214 Å². The number of carboxylic acid groups (broad SMARTS) is 2. The van der Waals surface area contributed by atoms with Gasteiger partial charge >= 0.3 is 11.9 Å². The van der Waals surface area contributed by atoms with Crippen LogP contribution in [0, 0.1) is 47.3 Å². The molecule has 1 rings (SSSR count). The first-order chi connectivity index (χ1) is 28.7. The number of unbranched alkanes of at least 4 members (excludes halogenated alkanes) is 2. The summed E-state index contributed by atoms with van der Waals surface area (Å²) in [6.45, 7) is 12.8. The molecule has 0 aliphatic carbocycles. The van der Waals surface area contributed by atoms with E-state index in [4.69, 9.17) is 0 Å². The van der Waals surface area contributed by atoms with Crippen molar-refractivity contribution >= 4 is 52.4 Å². The SMILES string of the molecule is CCCC[C@@H](CC(=O)[C@@H](CCCC)CC(=O)[C@@H](Cc1ccccc1)CC(C)C)C(=O)C[C@H](CCC(=O)O)C(=O)C[C@H](CC(=O)O)C(=O)CCC(=O)C[C@@H](C(=O)C(C)C)C(C)O. The van der Waals surface area contributed by atoms with E-state index in [1.807, 2.05) is 44.2 Å². The molecule has 12 nitrogen and oxygen atoms in total. The lowest BCUT2D eigenvalue weighted by molar-refractivity contribution is -0.142. The molecule has 0 fully saturated rings. The van der Waals surface area contributed by atoms with Crippen LogP contribution in [0.25, 0.3) is 0 Å². The van der Waals surface area contributed by atoms with Crippen molar-refractivity contribution in [2.24, 2.45) is 47.3 Å². The van der Waals surface area contributed by atoms with Gasteiger partial charge in [0, 0.05) is 86.9 Å². The minimum atomic E-state index is -1.36. The Kier molecular flexibility index (Phi) is 26.2. The van der Waals surface area contributed by atoms with Crippen LogP contribution in [-0.2, 0) is 49.6 Å². The number of carboxylic acids is 2. The van der Waals surface area contributed by atoms with Crippen LogP contribution in [0.5, 0.6) is 0 Å². The van der Waals surface area contributed by atoms with Gasteiger partial charge in [-0.15, -0.1) is 0 Å². The normalized spacial score (nSPS) is 15.0. The number of aliphatic hydroxyl groups is 1. The standard InChI is InChI=1S/C49H74O12/c1-8-10-17-35(25-43(53)36(18-11-9-2)26-46(56)38(23-31(3)4)24-34-15-13-12-14-16-34)44(54)27-37(19-22-47(57)58)45(55)28-39(29-48(59)60)42(52)21-20-40(51)30-41(33(7)50)49(61)32(5)6/h12-16,31-33,35-39,41,50H,8-11,17-30H2,1-7H3,(H,57,58)(H,59,60)/t33?,35-,36-,37-,38+,39+,41+/m0/s1. The Balaban J connectivity index is 3.27. The van der Waals surface area contributed by atoms with Crippen LogP contribution in [0.1, 0.15) is 163 Å². The first-order valence-electron chi connectivity index (χ1n) is 22.5. The molecule has 342 valence electrons. The third kappa shape index (κ3) is 21.9. The van der Waals surface area contributed by atoms with Gasteiger partial charge in [-0.25, -0.2) is 0 Å². The summed E-state index contributed by atoms with van der Waals surface area (Å²) in [5.74, 6) is -10.5. The van der Waals surface area contributed by atoms with E-state index in [9.17, 15) is 58.5 Å². The zero-order valence-corrected chi connectivity index (χ0v) is 37.8. The highest BCUT2D eigenvalue weighted by molar-refractivity contribution is 5.97. The summed E-state index contributed by atoms with van der Waals surface area (Å²) in [6.07, 6.45) is 0.377. The predicted octanol–water partition coefficient (Wildman–Crippen LogP) is 8.44. The molecule has 7 atom stereocenters. The Morgan fingerprint density at radius 2 is 1.00 bits per heavy atom. The Labute approximate surface area is 363 Å². The van der Waals surface area contributed by atoms with E-state index in [0.717, 1.165) is 24.8 Å². The number of Topliss-reactive ketones (excluding diaryl/α,β-unsaturated/α-hetero) is 7. The fraction of sp³-hybridized carbons (Fsp3) is 0.694. The molecule has 0 aromatic heterocycles. The highest BCUT2D eigenvalue weighted by Gasteiger charge is 2.35. The average molecular weight is 855 g/mol. The maximum atomic E-state index is 14.1. The average Bonchev–Trinajstić information content (AvgIpc) is 3.19. The first kappa shape index (κ1) is 54.8. The van der Waals surface area contributed by atoms with E-state index in [1.54, 1.807) is 13.8 Å². The fourth-order valence-electron chi connectivity index (χ4n) is 8.03. The van der Waals surface area contributed by atoms with Crippen molar-refractivity contribution in [1.29, 1.82) is 0 Å². The zero-order chi connectivity index (χ0) is 46.2. The molecule has 1 aromatic rings. The molecular weight excluding hydrogens is 781 g/mol. The van der Waals surface area contributed by atoms with Crippen molar-refractivity contribution in [3.8, 4) is 0 Å². The second-order valence-electron chi connectivity index (χ2n) is 17.9. The van der Waals surface area contributed by atoms with Crippen LogP contribution in [0.4, 0.5) is 0 Å². The minimum absolute atomic E-state index is 0.0165. The van der Waals surface area contributed by atoms with E-state index in [-0.39, 0.29) is 61.3 Å². The quantitative estimate of drug-likeness (QED) is 0.0580. The summed E-state index contributed by atoms with van der Waals surface area (Å²) < 4.78 is 0. The van der Waals surface area contributed by atoms with Gasteiger partial charge in [-0.3, -0.25) is 43.2 Å². The number of hydrogen-bond acceptors (Lipinski definition) is 10. The molecule has 0 aliphatic rings. The van der Waals surface area contributed by atoms with Crippen molar-refractivity contribution < 1.29 is 58.5 Å². The molecule has 1 unspecified atom stereocenters. The molecule has 0 saturated heterocycles. The fourth-order valence-corrected chi connectivity index (χ4v) is 8.03. The van der Waals surface area contributed by atoms with Crippen molar-refractivity contribution in [3.63, 3.8) is 0 Å². The molecule has 3 N–H and O–H groups in total. The largest absolute Gasteiger partial charge is 0.481 e. The highest BCUT2D eigenvalue weighted by atomic mass is 16.4. The van der Waals surface area contributed by atoms with E-state index in [2.05, 4.69) is 13.8 Å². The van der Waals surface area contributed by atoms with Crippen LogP contribution >= 0.6 is 0 Å². The van der Waals surface area contributed by atoms with E-state index >= 15 is 0 Å². The number of rotatable bonds is 36. The summed E-state index contributed by atoms with van der Waals surface area (Å²) in [6, 6.07) is 9.76. The van der Waals surface area contributed by atoms with E-state index in [0.29, 0.717) is 32.1 Å². The van der Waals surface area contributed by atoms with Gasteiger partial charge in [0.15, 0.2) is 0 Å². The minimum Gasteiger partial charge on any atom is -0.481 e. The Bertz CT molecular complexity index is 1590. The Hall–Kier alpha value is -4.19. The molecule has 12 heteroatoms. The summed E-state index contributed by atoms with van der Waals surface area (Å²) in [5.41, 5.74) is 1.04. The van der Waals surface area contributed by atoms with Crippen LogP contribution in [-0.4, -0.2) is 73.8 Å². The molecule has 0 bridgehead atoms. The van der Waals surface area contributed by atoms with Gasteiger partial charge in [0.2, 0.25) is 0 Å². The third-order valence-electron chi connectivity index (χ3n) is 11.7. The van der Waals surface area contributed by atoms with Gasteiger partial charge < -0.3 is 15.3 Å². The molecule has 0 heterocycles. The number of carbonyl (C=O) groups is 9. The van der Waals surface area contributed by atoms with Crippen molar-refractivity contribution in [2.45, 2.75) is 170 Å². The van der Waals surface area contributed by atoms with E-state index in [1.165, 1.54) is 6.92 Å². The van der Waals surface area contributed by atoms with Gasteiger partial charge in [-0.05, 0) is 50.5 Å². The lowest BCUT2D eigenvalue weighted by Gasteiger charge is -2.24. The number of aliphatic carboxylic acids is 2. The van der Waals surface area contributed by atoms with Gasteiger partial charge in [-0.2, -0.15) is 0 Å². The lowest BCUT2D eigenvalue weighted by Crippen LogP contribution is -2.32. The molecule has 0 spiro atoms. The molecule has 0 radical (unpaired) electrons. The smallest absolute Gasteiger partial charge is 0.304 e. The highest BCUT2D eigenvalue weighted by Crippen LogP contribution is 2.30. The Morgan fingerprint density at radius 3 is 1.43 bits per heavy atom. The van der Waals surface area contributed by atoms with Crippen LogP contribution in [0.2, 0.25) is 0 Å². The van der Waals surface area contributed by atoms with Crippen LogP contribution < -0.4 is 0 Å². The lowest BCUT2D eigenvalue weighted by atomic mass is 9.78. The van der Waals surface area contributed by atoms with E-state index < -0.39 is 109 Å². The van der Waals surface area contributed by atoms with Gasteiger partial charge in [-0.1, -0.05) is 97.6 Å². The number of carbonyl (C=O) groups excluding carboxylic acids is 7. The molecule has 61 heavy (non-hydrogen) atoms. The first-order valence-corrected chi connectivity index (χ1v) is 22.5.